The van der Waals surface area contributed by atoms with Gasteiger partial charge in [0.05, 0.1) is 13.2 Å². The molecule has 0 bridgehead atoms. The molecule has 0 spiro atoms. The van der Waals surface area contributed by atoms with Crippen molar-refractivity contribution in [3.8, 4) is 5.75 Å². The van der Waals surface area contributed by atoms with Crippen molar-refractivity contribution in [1.82, 2.24) is 4.90 Å². The summed E-state index contributed by atoms with van der Waals surface area (Å²) in [5, 5.41) is 2.96. The summed E-state index contributed by atoms with van der Waals surface area (Å²) in [4.78, 5) is 14.9. The third-order valence-electron chi connectivity index (χ3n) is 4.60. The van der Waals surface area contributed by atoms with Crippen LogP contribution in [0.2, 0.25) is 0 Å². The van der Waals surface area contributed by atoms with E-state index in [9.17, 15) is 4.79 Å². The fourth-order valence-corrected chi connectivity index (χ4v) is 3.12. The minimum Gasteiger partial charge on any atom is -0.492 e. The van der Waals surface area contributed by atoms with Crippen molar-refractivity contribution in [2.24, 2.45) is 0 Å². The zero-order valence-electron chi connectivity index (χ0n) is 15.5. The van der Waals surface area contributed by atoms with E-state index in [1.807, 2.05) is 56.3 Å². The van der Waals surface area contributed by atoms with Crippen LogP contribution < -0.4 is 10.1 Å². The van der Waals surface area contributed by atoms with Gasteiger partial charge in [0.25, 0.3) is 5.91 Å². The van der Waals surface area contributed by atoms with Crippen LogP contribution in [0.1, 0.15) is 21.5 Å². The third kappa shape index (κ3) is 4.84. The minimum absolute atomic E-state index is 0.0819. The summed E-state index contributed by atoms with van der Waals surface area (Å²) >= 11 is 0. The van der Waals surface area contributed by atoms with Crippen LogP contribution in [-0.4, -0.2) is 50.3 Å². The molecular weight excluding hydrogens is 328 g/mol. The molecule has 1 aliphatic rings. The smallest absolute Gasteiger partial charge is 0.256 e. The molecule has 0 radical (unpaired) electrons. The number of carbonyl (C=O) groups is 1. The maximum atomic E-state index is 12.5. The first-order valence-electron chi connectivity index (χ1n) is 9.04. The van der Waals surface area contributed by atoms with E-state index < -0.39 is 0 Å². The van der Waals surface area contributed by atoms with Crippen molar-refractivity contribution in [2.45, 2.75) is 13.8 Å². The monoisotopic (exact) mass is 354 g/mol. The predicted octanol–water partition coefficient (Wildman–Crippen LogP) is 3.27. The number of amides is 1. The van der Waals surface area contributed by atoms with Gasteiger partial charge in [0.15, 0.2) is 0 Å². The second-order valence-electron chi connectivity index (χ2n) is 6.55. The number of rotatable bonds is 6. The molecule has 2 aromatic rings. The maximum Gasteiger partial charge on any atom is 0.256 e. The Kier molecular flexibility index (Phi) is 6.26. The van der Waals surface area contributed by atoms with E-state index >= 15 is 0 Å². The summed E-state index contributed by atoms with van der Waals surface area (Å²) in [6, 6.07) is 13.4. The Morgan fingerprint density at radius 3 is 2.38 bits per heavy atom. The Morgan fingerprint density at radius 2 is 1.73 bits per heavy atom. The molecule has 5 nitrogen and oxygen atoms in total. The topological polar surface area (TPSA) is 50.8 Å². The molecular formula is C21H26N2O3. The average Bonchev–Trinajstić information content (AvgIpc) is 2.64. The van der Waals surface area contributed by atoms with Crippen LogP contribution in [0.4, 0.5) is 5.69 Å². The first-order chi connectivity index (χ1) is 12.6. The van der Waals surface area contributed by atoms with Crippen LogP contribution in [0, 0.1) is 13.8 Å². The number of anilines is 1. The molecule has 138 valence electrons. The van der Waals surface area contributed by atoms with E-state index in [2.05, 4.69) is 10.2 Å². The summed E-state index contributed by atoms with van der Waals surface area (Å²) < 4.78 is 11.1. The first-order valence-corrected chi connectivity index (χ1v) is 9.04. The number of benzene rings is 2. The molecule has 1 fully saturated rings. The molecule has 1 aliphatic heterocycles. The molecule has 0 aliphatic carbocycles. The van der Waals surface area contributed by atoms with Crippen molar-refractivity contribution in [3.05, 3.63) is 59.2 Å². The zero-order chi connectivity index (χ0) is 18.4. The second kappa shape index (κ2) is 8.83. The lowest BCUT2D eigenvalue weighted by molar-refractivity contribution is 0.0322. The van der Waals surface area contributed by atoms with Gasteiger partial charge in [-0.05, 0) is 49.2 Å². The first kappa shape index (κ1) is 18.4. The van der Waals surface area contributed by atoms with E-state index in [4.69, 9.17) is 9.47 Å². The Morgan fingerprint density at radius 1 is 1.08 bits per heavy atom. The van der Waals surface area contributed by atoms with Gasteiger partial charge >= 0.3 is 0 Å². The average molecular weight is 354 g/mol. The van der Waals surface area contributed by atoms with Gasteiger partial charge in [0.2, 0.25) is 0 Å². The van der Waals surface area contributed by atoms with Gasteiger partial charge in [-0.3, -0.25) is 9.69 Å². The minimum atomic E-state index is -0.0819. The highest BCUT2D eigenvalue weighted by Gasteiger charge is 2.12. The highest BCUT2D eigenvalue weighted by atomic mass is 16.5. The molecule has 0 aromatic heterocycles. The molecule has 1 heterocycles. The summed E-state index contributed by atoms with van der Waals surface area (Å²) in [6.45, 7) is 8.98. The van der Waals surface area contributed by atoms with E-state index in [1.165, 1.54) is 0 Å². The van der Waals surface area contributed by atoms with Gasteiger partial charge in [0, 0.05) is 30.9 Å². The molecule has 0 unspecified atom stereocenters. The Labute approximate surface area is 154 Å². The highest BCUT2D eigenvalue weighted by Crippen LogP contribution is 2.19. The van der Waals surface area contributed by atoms with E-state index in [-0.39, 0.29) is 5.91 Å². The fourth-order valence-electron chi connectivity index (χ4n) is 3.12. The molecule has 5 heteroatoms. The number of aryl methyl sites for hydroxylation is 2. The van der Waals surface area contributed by atoms with Gasteiger partial charge in [0.1, 0.15) is 12.4 Å². The predicted molar refractivity (Wildman–Crippen MR) is 103 cm³/mol. The van der Waals surface area contributed by atoms with Crippen molar-refractivity contribution in [2.75, 3.05) is 44.8 Å². The van der Waals surface area contributed by atoms with Gasteiger partial charge < -0.3 is 14.8 Å². The van der Waals surface area contributed by atoms with Crippen LogP contribution in [0.3, 0.4) is 0 Å². The number of hydrogen-bond acceptors (Lipinski definition) is 4. The zero-order valence-corrected chi connectivity index (χ0v) is 15.5. The maximum absolute atomic E-state index is 12.5. The SMILES string of the molecule is Cc1cccc(C)c1C(=O)Nc1ccc(OCCN2CCOCC2)cc1. The lowest BCUT2D eigenvalue weighted by atomic mass is 10.0. The van der Waals surface area contributed by atoms with Crippen LogP contribution in [0.5, 0.6) is 5.75 Å². The number of ether oxygens (including phenoxy) is 2. The van der Waals surface area contributed by atoms with Crippen LogP contribution in [0.25, 0.3) is 0 Å². The normalized spacial score (nSPS) is 14.8. The summed E-state index contributed by atoms with van der Waals surface area (Å²) in [5.74, 6) is 0.727. The van der Waals surface area contributed by atoms with Crippen LogP contribution >= 0.6 is 0 Å². The van der Waals surface area contributed by atoms with Crippen LogP contribution in [-0.2, 0) is 4.74 Å². The van der Waals surface area contributed by atoms with Crippen molar-refractivity contribution >= 4 is 11.6 Å². The number of hydrogen-bond donors (Lipinski definition) is 1. The lowest BCUT2D eigenvalue weighted by Crippen LogP contribution is -2.38. The number of carbonyl (C=O) groups excluding carboxylic acids is 1. The second-order valence-corrected chi connectivity index (χ2v) is 6.55. The quantitative estimate of drug-likeness (QED) is 0.865. The molecule has 1 amide bonds. The van der Waals surface area contributed by atoms with E-state index in [0.717, 1.165) is 61.0 Å². The highest BCUT2D eigenvalue weighted by molar-refractivity contribution is 6.06. The van der Waals surface area contributed by atoms with Crippen molar-refractivity contribution in [3.63, 3.8) is 0 Å². The molecule has 26 heavy (non-hydrogen) atoms. The Hall–Kier alpha value is -2.37. The largest absolute Gasteiger partial charge is 0.492 e. The van der Waals surface area contributed by atoms with Crippen molar-refractivity contribution < 1.29 is 14.3 Å². The lowest BCUT2D eigenvalue weighted by Gasteiger charge is -2.26. The van der Waals surface area contributed by atoms with E-state index in [0.29, 0.717) is 6.61 Å². The van der Waals surface area contributed by atoms with Gasteiger partial charge in [-0.2, -0.15) is 0 Å². The third-order valence-corrected chi connectivity index (χ3v) is 4.60. The molecule has 1 N–H and O–H groups in total. The van der Waals surface area contributed by atoms with Crippen LogP contribution in [0.15, 0.2) is 42.5 Å². The standard InChI is InChI=1S/C21H26N2O3/c1-16-4-3-5-17(2)20(16)21(24)22-18-6-8-19(9-7-18)26-15-12-23-10-13-25-14-11-23/h3-9H,10-15H2,1-2H3,(H,22,24). The molecule has 2 aromatic carbocycles. The van der Waals surface area contributed by atoms with Gasteiger partial charge in [-0.25, -0.2) is 0 Å². The van der Waals surface area contributed by atoms with E-state index in [1.54, 1.807) is 0 Å². The van der Waals surface area contributed by atoms with Gasteiger partial charge in [-0.15, -0.1) is 0 Å². The number of nitrogens with one attached hydrogen (secondary N) is 1. The molecule has 0 saturated carbocycles. The number of nitrogens with zero attached hydrogens (tertiary/aromatic N) is 1. The van der Waals surface area contributed by atoms with Gasteiger partial charge in [-0.1, -0.05) is 18.2 Å². The molecule has 0 atom stereocenters. The van der Waals surface area contributed by atoms with Crippen molar-refractivity contribution in [1.29, 1.82) is 0 Å². The fraction of sp³-hybridized carbons (Fsp3) is 0.381. The molecule has 1 saturated heterocycles. The Bertz CT molecular complexity index is 717. The molecule has 3 rings (SSSR count). The summed E-state index contributed by atoms with van der Waals surface area (Å²) in [5.41, 5.74) is 3.45. The summed E-state index contributed by atoms with van der Waals surface area (Å²) in [7, 11) is 0. The summed E-state index contributed by atoms with van der Waals surface area (Å²) in [6.07, 6.45) is 0. The Balaban J connectivity index is 1.51. The number of morpholine rings is 1.